The largest absolute Gasteiger partial charge is 0.334 e. The number of thiophene rings is 1. The molecular formula is C29H28N8O3S. The van der Waals surface area contributed by atoms with Gasteiger partial charge in [-0.1, -0.05) is 0 Å². The average molecular weight is 569 g/mol. The Bertz CT molecular complexity index is 1970. The van der Waals surface area contributed by atoms with E-state index in [9.17, 15) is 14.4 Å². The van der Waals surface area contributed by atoms with Gasteiger partial charge < -0.3 is 9.88 Å². The van der Waals surface area contributed by atoms with Crippen molar-refractivity contribution in [3.8, 4) is 16.9 Å². The Morgan fingerprint density at radius 1 is 1.07 bits per heavy atom. The summed E-state index contributed by atoms with van der Waals surface area (Å²) < 4.78 is 5.26. The minimum atomic E-state index is -0.285. The van der Waals surface area contributed by atoms with E-state index in [1.807, 2.05) is 10.7 Å². The molecule has 7 rings (SSSR count). The molecule has 0 unspecified atom stereocenters. The highest BCUT2D eigenvalue weighted by molar-refractivity contribution is 7.19. The van der Waals surface area contributed by atoms with Crippen molar-refractivity contribution >= 4 is 39.2 Å². The first-order valence-corrected chi connectivity index (χ1v) is 14.4. The van der Waals surface area contributed by atoms with Crippen LogP contribution in [0, 0.1) is 0 Å². The van der Waals surface area contributed by atoms with Gasteiger partial charge in [-0.3, -0.25) is 24.0 Å². The Morgan fingerprint density at radius 2 is 1.93 bits per heavy atom. The molecule has 0 aromatic carbocycles. The molecule has 1 aliphatic heterocycles. The SMILES string of the molecule is CN1CCn2nc(Nc3cc(-c4ccnc(-n5ncc6c7c(sc6c5=O)CCCC7)c4C=O)cn(C)c3=O)cc2C1. The summed E-state index contributed by atoms with van der Waals surface area (Å²) in [7, 11) is 3.72. The number of aldehydes is 1. The predicted octanol–water partition coefficient (Wildman–Crippen LogP) is 3.28. The van der Waals surface area contributed by atoms with Crippen LogP contribution in [0.4, 0.5) is 11.5 Å². The van der Waals surface area contributed by atoms with Gasteiger partial charge in [0, 0.05) is 54.4 Å². The van der Waals surface area contributed by atoms with E-state index in [0.29, 0.717) is 33.6 Å². The quantitative estimate of drug-likeness (QED) is 0.321. The number of hydrogen-bond acceptors (Lipinski definition) is 9. The molecule has 208 valence electrons. The number of nitrogens with zero attached hydrogens (tertiary/aromatic N) is 7. The first-order valence-electron chi connectivity index (χ1n) is 13.6. The van der Waals surface area contributed by atoms with Gasteiger partial charge in [-0.05, 0) is 56.0 Å². The van der Waals surface area contributed by atoms with Gasteiger partial charge in [0.25, 0.3) is 11.1 Å². The van der Waals surface area contributed by atoms with Crippen LogP contribution in [0.2, 0.25) is 0 Å². The average Bonchev–Trinajstić information content (AvgIpc) is 3.56. The van der Waals surface area contributed by atoms with E-state index in [-0.39, 0.29) is 22.5 Å². The Labute approximate surface area is 238 Å². The lowest BCUT2D eigenvalue weighted by Gasteiger charge is -2.22. The van der Waals surface area contributed by atoms with Crippen molar-refractivity contribution in [1.29, 1.82) is 0 Å². The number of hydrogen-bond donors (Lipinski definition) is 1. The van der Waals surface area contributed by atoms with Crippen LogP contribution in [0.15, 0.2) is 46.4 Å². The summed E-state index contributed by atoms with van der Waals surface area (Å²) in [4.78, 5) is 47.1. The molecule has 0 radical (unpaired) electrons. The van der Waals surface area contributed by atoms with E-state index in [1.165, 1.54) is 31.0 Å². The van der Waals surface area contributed by atoms with Crippen LogP contribution in [0.3, 0.4) is 0 Å². The van der Waals surface area contributed by atoms with Crippen molar-refractivity contribution in [3.05, 3.63) is 79.2 Å². The van der Waals surface area contributed by atoms with Gasteiger partial charge in [0.15, 0.2) is 17.9 Å². The Hall–Kier alpha value is -4.42. The van der Waals surface area contributed by atoms with Gasteiger partial charge in [0.1, 0.15) is 10.4 Å². The molecule has 0 saturated carbocycles. The monoisotopic (exact) mass is 568 g/mol. The number of rotatable bonds is 5. The van der Waals surface area contributed by atoms with Crippen molar-refractivity contribution in [1.82, 2.24) is 34.0 Å². The van der Waals surface area contributed by atoms with Crippen molar-refractivity contribution in [2.75, 3.05) is 18.9 Å². The van der Waals surface area contributed by atoms with Gasteiger partial charge >= 0.3 is 0 Å². The van der Waals surface area contributed by atoms with Gasteiger partial charge in [-0.15, -0.1) is 11.3 Å². The number of nitrogens with one attached hydrogen (secondary N) is 1. The van der Waals surface area contributed by atoms with Crippen LogP contribution >= 0.6 is 11.3 Å². The van der Waals surface area contributed by atoms with Crippen LogP contribution in [0.5, 0.6) is 0 Å². The topological polar surface area (TPSA) is 120 Å². The van der Waals surface area contributed by atoms with Crippen molar-refractivity contribution in [2.45, 2.75) is 38.8 Å². The zero-order valence-electron chi connectivity index (χ0n) is 22.8. The first kappa shape index (κ1) is 25.5. The number of likely N-dealkylation sites (N-methyl/N-ethyl adjacent to an activating group) is 1. The standard InChI is InChI=1S/C29H28N8O3S/c1-34-9-10-36-18(15-34)12-25(33-36)32-23-11-17(14-35(2)28(23)39)19-7-8-30-27(22(19)16-38)37-29(40)26-21(13-31-37)20-5-3-4-6-24(20)41-26/h7-8,11-14,16H,3-6,9-10,15H2,1-2H3,(H,32,33). The van der Waals surface area contributed by atoms with Crippen molar-refractivity contribution in [3.63, 3.8) is 0 Å². The molecule has 0 spiro atoms. The minimum absolute atomic E-state index is 0.157. The van der Waals surface area contributed by atoms with E-state index in [1.54, 1.807) is 37.8 Å². The normalized spacial score (nSPS) is 15.1. The van der Waals surface area contributed by atoms with E-state index in [2.05, 4.69) is 32.4 Å². The number of aryl methyl sites for hydroxylation is 3. The fourth-order valence-electron chi connectivity index (χ4n) is 5.84. The summed E-state index contributed by atoms with van der Waals surface area (Å²) in [5.74, 6) is 0.739. The highest BCUT2D eigenvalue weighted by Crippen LogP contribution is 2.35. The lowest BCUT2D eigenvalue weighted by atomic mass is 9.97. The maximum absolute atomic E-state index is 13.6. The molecule has 5 aromatic heterocycles. The maximum Gasteiger partial charge on any atom is 0.290 e. The lowest BCUT2D eigenvalue weighted by molar-refractivity contribution is 0.112. The van der Waals surface area contributed by atoms with Gasteiger partial charge in [-0.2, -0.15) is 14.9 Å². The third-order valence-electron chi connectivity index (χ3n) is 7.93. The summed E-state index contributed by atoms with van der Waals surface area (Å²) in [6, 6.07) is 5.35. The van der Waals surface area contributed by atoms with Crippen molar-refractivity contribution in [2.24, 2.45) is 7.05 Å². The van der Waals surface area contributed by atoms with E-state index in [4.69, 9.17) is 0 Å². The number of carbonyl (C=O) groups excluding carboxylic acids is 1. The highest BCUT2D eigenvalue weighted by atomic mass is 32.1. The second-order valence-corrected chi connectivity index (χ2v) is 11.8. The fraction of sp³-hybridized carbons (Fsp3) is 0.310. The highest BCUT2D eigenvalue weighted by Gasteiger charge is 2.22. The van der Waals surface area contributed by atoms with E-state index >= 15 is 0 Å². The molecule has 12 heteroatoms. The number of carbonyl (C=O) groups is 1. The first-order chi connectivity index (χ1) is 19.9. The molecule has 0 atom stereocenters. The zero-order valence-corrected chi connectivity index (χ0v) is 23.6. The smallest absolute Gasteiger partial charge is 0.290 e. The minimum Gasteiger partial charge on any atom is -0.334 e. The van der Waals surface area contributed by atoms with E-state index in [0.717, 1.165) is 56.4 Å². The zero-order chi connectivity index (χ0) is 28.2. The van der Waals surface area contributed by atoms with E-state index < -0.39 is 0 Å². The summed E-state index contributed by atoms with van der Waals surface area (Å²) in [6.45, 7) is 2.47. The Kier molecular flexibility index (Phi) is 6.16. The van der Waals surface area contributed by atoms with Crippen LogP contribution in [-0.2, 0) is 33.0 Å². The number of fused-ring (bicyclic) bond motifs is 4. The van der Waals surface area contributed by atoms with Gasteiger partial charge in [-0.25, -0.2) is 4.98 Å². The predicted molar refractivity (Wildman–Crippen MR) is 158 cm³/mol. The molecule has 1 aliphatic carbocycles. The second-order valence-electron chi connectivity index (χ2n) is 10.7. The third-order valence-corrected chi connectivity index (χ3v) is 9.23. The Balaban J connectivity index is 1.31. The molecular weight excluding hydrogens is 540 g/mol. The van der Waals surface area contributed by atoms with Gasteiger partial charge in [0.05, 0.1) is 24.0 Å². The number of aromatic nitrogens is 6. The Morgan fingerprint density at radius 3 is 2.78 bits per heavy atom. The molecule has 11 nitrogen and oxygen atoms in total. The summed E-state index contributed by atoms with van der Waals surface area (Å²) in [5.41, 5.74) is 3.46. The summed E-state index contributed by atoms with van der Waals surface area (Å²) >= 11 is 1.52. The summed E-state index contributed by atoms with van der Waals surface area (Å²) in [6.07, 6.45) is 9.78. The molecule has 2 aliphatic rings. The van der Waals surface area contributed by atoms with Crippen LogP contribution in [-0.4, -0.2) is 53.9 Å². The third kappa shape index (κ3) is 4.30. The maximum atomic E-state index is 13.6. The molecule has 6 heterocycles. The number of anilines is 2. The molecule has 41 heavy (non-hydrogen) atoms. The van der Waals surface area contributed by atoms with Gasteiger partial charge in [0.2, 0.25) is 0 Å². The molecule has 0 saturated heterocycles. The fourth-order valence-corrected chi connectivity index (χ4v) is 7.13. The molecule has 5 aromatic rings. The molecule has 0 bridgehead atoms. The molecule has 0 fully saturated rings. The lowest BCUT2D eigenvalue weighted by Crippen LogP contribution is -2.30. The summed E-state index contributed by atoms with van der Waals surface area (Å²) in [5, 5.41) is 13.1. The van der Waals surface area contributed by atoms with Crippen LogP contribution in [0.1, 0.15) is 39.3 Å². The molecule has 1 N–H and O–H groups in total. The van der Waals surface area contributed by atoms with Crippen molar-refractivity contribution < 1.29 is 4.79 Å². The van der Waals surface area contributed by atoms with Crippen LogP contribution < -0.4 is 16.4 Å². The second kappa shape index (κ2) is 9.89. The van der Waals surface area contributed by atoms with Crippen LogP contribution in [0.25, 0.3) is 27.0 Å². The molecule has 0 amide bonds. The number of pyridine rings is 2.